The molecule has 0 saturated heterocycles. The summed E-state index contributed by atoms with van der Waals surface area (Å²) in [5.41, 5.74) is 3.12. The normalized spacial score (nSPS) is 10.6. The lowest BCUT2D eigenvalue weighted by molar-refractivity contribution is 0.0893. The molecule has 0 heterocycles. The summed E-state index contributed by atoms with van der Waals surface area (Å²) in [5.74, 6) is 0.588. The van der Waals surface area contributed by atoms with Crippen molar-refractivity contribution in [2.24, 2.45) is 0 Å². The van der Waals surface area contributed by atoms with Crippen LogP contribution in [0.15, 0.2) is 97.1 Å². The van der Waals surface area contributed by atoms with Crippen LogP contribution in [0, 0.1) is 0 Å². The second kappa shape index (κ2) is 13.4. The smallest absolute Gasteiger partial charge is 0.196 e. The first-order valence-electron chi connectivity index (χ1n) is 12.8. The van der Waals surface area contributed by atoms with Gasteiger partial charge >= 0.3 is 0 Å². The van der Waals surface area contributed by atoms with Gasteiger partial charge in [-0.3, -0.25) is 14.4 Å². The molecule has 40 heavy (non-hydrogen) atoms. The maximum absolute atomic E-state index is 12.3. The van der Waals surface area contributed by atoms with E-state index in [1.54, 1.807) is 79.9 Å². The molecule has 6 heteroatoms. The summed E-state index contributed by atoms with van der Waals surface area (Å²) in [6.45, 7) is 6.37. The monoisotopic (exact) mass is 538 g/mol. The lowest BCUT2D eigenvalue weighted by Gasteiger charge is -2.18. The third-order valence-electron chi connectivity index (χ3n) is 6.29. The van der Waals surface area contributed by atoms with Gasteiger partial charge in [-0.25, -0.2) is 0 Å². The van der Waals surface area contributed by atoms with Gasteiger partial charge in [0.05, 0.1) is 26.2 Å². The van der Waals surface area contributed by atoms with Crippen LogP contribution in [0.1, 0.15) is 69.4 Å². The molecule has 0 unspecified atom stereocenters. The van der Waals surface area contributed by atoms with Crippen molar-refractivity contribution in [1.29, 1.82) is 0 Å². The Morgan fingerprint density at radius 3 is 1.62 bits per heavy atom. The molecule has 0 saturated carbocycles. The molecule has 0 aliphatic heterocycles. The van der Waals surface area contributed by atoms with Gasteiger partial charge in [0.1, 0.15) is 17.2 Å². The van der Waals surface area contributed by atoms with E-state index >= 15 is 0 Å². The first-order valence-corrected chi connectivity index (χ1v) is 12.8. The van der Waals surface area contributed by atoms with Crippen LogP contribution < -0.4 is 9.47 Å². The maximum atomic E-state index is 12.3. The fourth-order valence-electron chi connectivity index (χ4n) is 3.86. The van der Waals surface area contributed by atoms with E-state index in [0.717, 1.165) is 5.56 Å². The van der Waals surface area contributed by atoms with Gasteiger partial charge in [0.15, 0.2) is 17.3 Å². The van der Waals surface area contributed by atoms with Gasteiger partial charge in [-0.2, -0.15) is 0 Å². The minimum Gasteiger partial charge on any atom is -0.507 e. The molecular formula is C34H34O6. The van der Waals surface area contributed by atoms with Crippen LogP contribution in [0.5, 0.6) is 17.2 Å². The Labute approximate surface area is 235 Å². The number of phenols is 1. The van der Waals surface area contributed by atoms with E-state index in [2.05, 4.69) is 20.8 Å². The van der Waals surface area contributed by atoms with Gasteiger partial charge in [0, 0.05) is 22.8 Å². The van der Waals surface area contributed by atoms with Crippen molar-refractivity contribution in [3.63, 3.8) is 0 Å². The lowest BCUT2D eigenvalue weighted by Crippen LogP contribution is -2.12. The Hall–Kier alpha value is -4.71. The van der Waals surface area contributed by atoms with Gasteiger partial charge in [0.25, 0.3) is 0 Å². The van der Waals surface area contributed by atoms with Crippen LogP contribution in [0.3, 0.4) is 0 Å². The highest BCUT2D eigenvalue weighted by Crippen LogP contribution is 2.26. The molecule has 206 valence electrons. The molecular weight excluding hydrogens is 504 g/mol. The average Bonchev–Trinajstić information content (AvgIpc) is 2.97. The molecule has 0 radical (unpaired) electrons. The minimum atomic E-state index is -0.203. The average molecular weight is 539 g/mol. The Kier molecular flexibility index (Phi) is 9.98. The Morgan fingerprint density at radius 2 is 1.15 bits per heavy atom. The van der Waals surface area contributed by atoms with Gasteiger partial charge in [-0.15, -0.1) is 0 Å². The molecule has 4 rings (SSSR count). The molecule has 0 aliphatic rings. The van der Waals surface area contributed by atoms with E-state index in [9.17, 15) is 19.5 Å². The summed E-state index contributed by atoms with van der Waals surface area (Å²) in [6.07, 6.45) is -0.124. The Bertz CT molecular complexity index is 1450. The zero-order valence-electron chi connectivity index (χ0n) is 23.4. The van der Waals surface area contributed by atoms with Crippen molar-refractivity contribution in [3.05, 3.63) is 125 Å². The molecule has 0 bridgehead atoms. The molecule has 0 aliphatic carbocycles. The summed E-state index contributed by atoms with van der Waals surface area (Å²) >= 11 is 0. The van der Waals surface area contributed by atoms with Crippen molar-refractivity contribution >= 4 is 17.3 Å². The second-order valence-corrected chi connectivity index (χ2v) is 10.2. The van der Waals surface area contributed by atoms with Crippen LogP contribution in [0.25, 0.3) is 0 Å². The van der Waals surface area contributed by atoms with Gasteiger partial charge in [0.2, 0.25) is 0 Å². The number of hydrogen-bond donors (Lipinski definition) is 1. The first kappa shape index (κ1) is 29.8. The van der Waals surface area contributed by atoms with Gasteiger partial charge in [-0.05, 0) is 47.4 Å². The maximum Gasteiger partial charge on any atom is 0.196 e. The van der Waals surface area contributed by atoms with Crippen LogP contribution in [-0.4, -0.2) is 36.7 Å². The predicted octanol–water partition coefficient (Wildman–Crippen LogP) is 7.08. The van der Waals surface area contributed by atoms with Crippen LogP contribution in [-0.2, 0) is 5.41 Å². The highest BCUT2D eigenvalue weighted by Gasteiger charge is 2.17. The number of aromatic hydroxyl groups is 1. The zero-order valence-corrected chi connectivity index (χ0v) is 23.4. The number of rotatable bonds is 8. The minimum absolute atomic E-state index is 0.0422. The van der Waals surface area contributed by atoms with Crippen molar-refractivity contribution in [2.45, 2.75) is 32.6 Å². The number of phenolic OH excluding ortho intramolecular Hbond substituents is 1. The number of carbonyl (C=O) groups is 3. The molecule has 6 nitrogen and oxygen atoms in total. The topological polar surface area (TPSA) is 89.9 Å². The van der Waals surface area contributed by atoms with Crippen molar-refractivity contribution in [1.82, 2.24) is 0 Å². The van der Waals surface area contributed by atoms with Crippen molar-refractivity contribution in [2.75, 3.05) is 14.2 Å². The van der Waals surface area contributed by atoms with E-state index in [0.29, 0.717) is 28.2 Å². The third-order valence-corrected chi connectivity index (χ3v) is 6.29. The quantitative estimate of drug-likeness (QED) is 0.190. The molecule has 4 aromatic carbocycles. The fraction of sp³-hybridized carbons (Fsp3) is 0.206. The second-order valence-electron chi connectivity index (χ2n) is 10.2. The highest BCUT2D eigenvalue weighted by atomic mass is 16.5. The fourth-order valence-corrected chi connectivity index (χ4v) is 3.86. The summed E-state index contributed by atoms with van der Waals surface area (Å²) < 4.78 is 10.0. The number of methoxy groups -OCH3 is 2. The number of Topliss-reactive ketones (excluding diaryl/α,β-unsaturated/α-hetero) is 2. The number of carbonyl (C=O) groups excluding carboxylic acids is 3. The number of ether oxygens (including phenoxy) is 2. The standard InChI is InChI=1S/C20H22O3.C14H12O3/c1-20(2,3)16-9-5-14(6-10-16)18(21)13-19(22)15-7-11-17(23-4)12-8-15;1-17-11-7-8-12(13(15)9-11)14(16)10-5-3-2-4-6-10/h5-12H,13H2,1-4H3;2-9,15H,1H3. The molecule has 1 N–H and O–H groups in total. The van der Waals surface area contributed by atoms with E-state index in [1.165, 1.54) is 13.2 Å². The Balaban J connectivity index is 0.000000230. The van der Waals surface area contributed by atoms with E-state index in [-0.39, 0.29) is 40.5 Å². The summed E-state index contributed by atoms with van der Waals surface area (Å²) in [5, 5.41) is 9.75. The number of ketones is 3. The number of benzene rings is 4. The largest absolute Gasteiger partial charge is 0.507 e. The van der Waals surface area contributed by atoms with Gasteiger partial charge in [-0.1, -0.05) is 75.4 Å². The van der Waals surface area contributed by atoms with Crippen molar-refractivity contribution in [3.8, 4) is 17.2 Å². The number of hydrogen-bond acceptors (Lipinski definition) is 6. The third kappa shape index (κ3) is 7.90. The Morgan fingerprint density at radius 1 is 0.650 bits per heavy atom. The van der Waals surface area contributed by atoms with Crippen LogP contribution in [0.2, 0.25) is 0 Å². The van der Waals surface area contributed by atoms with E-state index in [4.69, 9.17) is 9.47 Å². The molecule has 0 spiro atoms. The first-order chi connectivity index (χ1) is 19.0. The summed E-state index contributed by atoms with van der Waals surface area (Å²) in [4.78, 5) is 36.5. The molecule has 0 atom stereocenters. The molecule has 4 aromatic rings. The predicted molar refractivity (Wildman–Crippen MR) is 156 cm³/mol. The summed E-state index contributed by atoms with van der Waals surface area (Å²) in [7, 11) is 3.08. The highest BCUT2D eigenvalue weighted by molar-refractivity contribution is 6.13. The van der Waals surface area contributed by atoms with E-state index < -0.39 is 0 Å². The lowest BCUT2D eigenvalue weighted by atomic mass is 9.86. The zero-order chi connectivity index (χ0) is 29.3. The molecule has 0 fully saturated rings. The molecule has 0 aromatic heterocycles. The van der Waals surface area contributed by atoms with Gasteiger partial charge < -0.3 is 14.6 Å². The van der Waals surface area contributed by atoms with Crippen molar-refractivity contribution < 1.29 is 29.0 Å². The summed E-state index contributed by atoms with van der Waals surface area (Å²) in [6, 6.07) is 27.8. The van der Waals surface area contributed by atoms with E-state index in [1.807, 2.05) is 18.2 Å². The van der Waals surface area contributed by atoms with Crippen LogP contribution in [0.4, 0.5) is 0 Å². The molecule has 0 amide bonds. The van der Waals surface area contributed by atoms with Crippen LogP contribution >= 0.6 is 0 Å². The SMILES string of the molecule is COc1ccc(C(=O)CC(=O)c2ccc(C(C)(C)C)cc2)cc1.COc1ccc(C(=O)c2ccccc2)c(O)c1.